The van der Waals surface area contributed by atoms with Crippen molar-refractivity contribution in [3.8, 4) is 11.5 Å². The quantitative estimate of drug-likeness (QED) is 0.285. The highest BCUT2D eigenvalue weighted by molar-refractivity contribution is 7.89. The summed E-state index contributed by atoms with van der Waals surface area (Å²) >= 11 is 0. The van der Waals surface area contributed by atoms with E-state index in [2.05, 4.69) is 0 Å². The molecule has 39 heavy (non-hydrogen) atoms. The normalized spacial score (nSPS) is 12.4. The van der Waals surface area contributed by atoms with E-state index in [1.807, 2.05) is 51.1 Å². The number of carbonyl (C=O) groups is 1. The van der Waals surface area contributed by atoms with Crippen LogP contribution in [0.2, 0.25) is 0 Å². The maximum absolute atomic E-state index is 14.0. The van der Waals surface area contributed by atoms with Gasteiger partial charge in [0.25, 0.3) is 0 Å². The second-order valence-electron chi connectivity index (χ2n) is 9.87. The van der Waals surface area contributed by atoms with Crippen LogP contribution in [0.5, 0.6) is 11.5 Å². The second-order valence-corrected chi connectivity index (χ2v) is 11.7. The predicted octanol–water partition coefficient (Wildman–Crippen LogP) is 5.28. The minimum absolute atomic E-state index is 0.232. The number of carbonyl (C=O) groups excluding carboxylic acids is 1. The molecule has 0 aliphatic rings. The molecule has 1 aromatic heterocycles. The highest BCUT2D eigenvalue weighted by atomic mass is 32.2. The summed E-state index contributed by atoms with van der Waals surface area (Å²) in [6.07, 6.45) is 2.67. The molecule has 212 valence electrons. The number of hydrogen-bond donors (Lipinski definition) is 0. The van der Waals surface area contributed by atoms with Gasteiger partial charge in [-0.3, -0.25) is 4.79 Å². The van der Waals surface area contributed by atoms with Crippen molar-refractivity contribution in [3.63, 3.8) is 0 Å². The largest absolute Gasteiger partial charge is 0.493 e. The molecular weight excluding hydrogens is 516 g/mol. The van der Waals surface area contributed by atoms with Crippen LogP contribution in [0.15, 0.2) is 58.0 Å². The van der Waals surface area contributed by atoms with E-state index in [0.717, 1.165) is 11.1 Å². The molecule has 0 fully saturated rings. The molecule has 8 nitrogen and oxygen atoms in total. The van der Waals surface area contributed by atoms with Gasteiger partial charge in [-0.2, -0.15) is 4.31 Å². The van der Waals surface area contributed by atoms with Crippen molar-refractivity contribution in [2.24, 2.45) is 0 Å². The fourth-order valence-corrected chi connectivity index (χ4v) is 6.86. The van der Waals surface area contributed by atoms with E-state index in [9.17, 15) is 13.2 Å². The molecule has 1 heterocycles. The summed E-state index contributed by atoms with van der Waals surface area (Å²) in [6.45, 7) is 9.64. The van der Waals surface area contributed by atoms with E-state index in [1.54, 1.807) is 51.4 Å². The van der Waals surface area contributed by atoms with Crippen LogP contribution in [0.4, 0.5) is 0 Å². The summed E-state index contributed by atoms with van der Waals surface area (Å²) in [5.74, 6) is 1.56. The molecule has 0 unspecified atom stereocenters. The lowest BCUT2D eigenvalue weighted by molar-refractivity contribution is -0.132. The number of nitrogens with zero attached hydrogens (tertiary/aromatic N) is 2. The van der Waals surface area contributed by atoms with Crippen molar-refractivity contribution >= 4 is 15.9 Å². The van der Waals surface area contributed by atoms with Gasteiger partial charge < -0.3 is 18.8 Å². The Hall–Kier alpha value is -3.30. The third kappa shape index (κ3) is 7.22. The second kappa shape index (κ2) is 13.2. The van der Waals surface area contributed by atoms with Crippen LogP contribution >= 0.6 is 0 Å². The number of hydrogen-bond acceptors (Lipinski definition) is 6. The molecule has 0 saturated heterocycles. The van der Waals surface area contributed by atoms with Crippen LogP contribution in [0.1, 0.15) is 48.3 Å². The molecule has 1 atom stereocenters. The number of sulfonamides is 1. The van der Waals surface area contributed by atoms with Crippen molar-refractivity contribution in [2.45, 2.75) is 64.9 Å². The fraction of sp³-hybridized carbons (Fsp3) is 0.433. The lowest BCUT2D eigenvalue weighted by atomic mass is 10.1. The molecule has 0 saturated carbocycles. The van der Waals surface area contributed by atoms with Crippen LogP contribution < -0.4 is 9.47 Å². The number of ether oxygens (including phenoxy) is 2. The molecule has 1 amide bonds. The van der Waals surface area contributed by atoms with Crippen molar-refractivity contribution in [1.29, 1.82) is 0 Å². The van der Waals surface area contributed by atoms with Crippen molar-refractivity contribution in [2.75, 3.05) is 27.3 Å². The van der Waals surface area contributed by atoms with Gasteiger partial charge in [-0.1, -0.05) is 30.7 Å². The van der Waals surface area contributed by atoms with E-state index < -0.39 is 10.0 Å². The van der Waals surface area contributed by atoms with E-state index in [1.165, 1.54) is 4.31 Å². The Morgan fingerprint density at radius 2 is 1.67 bits per heavy atom. The average molecular weight is 557 g/mol. The third-order valence-electron chi connectivity index (χ3n) is 6.94. The van der Waals surface area contributed by atoms with Gasteiger partial charge in [0.15, 0.2) is 11.5 Å². The minimum Gasteiger partial charge on any atom is -0.493 e. The first-order chi connectivity index (χ1) is 18.5. The molecule has 0 spiro atoms. The zero-order valence-electron chi connectivity index (χ0n) is 24.0. The Kier molecular flexibility index (Phi) is 10.2. The van der Waals surface area contributed by atoms with Gasteiger partial charge in [-0.15, -0.1) is 0 Å². The van der Waals surface area contributed by atoms with Gasteiger partial charge >= 0.3 is 0 Å². The monoisotopic (exact) mass is 556 g/mol. The molecule has 0 bridgehead atoms. The number of methoxy groups -OCH3 is 2. The zero-order chi connectivity index (χ0) is 28.7. The smallest absolute Gasteiger partial charge is 0.244 e. The molecule has 0 aliphatic carbocycles. The van der Waals surface area contributed by atoms with E-state index >= 15 is 0 Å². The first-order valence-corrected chi connectivity index (χ1v) is 14.6. The summed E-state index contributed by atoms with van der Waals surface area (Å²) in [5, 5.41) is 0. The summed E-state index contributed by atoms with van der Waals surface area (Å²) in [7, 11) is -0.772. The molecule has 3 rings (SSSR count). The number of furan rings is 1. The summed E-state index contributed by atoms with van der Waals surface area (Å²) in [5.41, 5.74) is 3.31. The van der Waals surface area contributed by atoms with Gasteiger partial charge in [0, 0.05) is 12.6 Å². The number of amides is 1. The van der Waals surface area contributed by atoms with E-state index in [4.69, 9.17) is 13.9 Å². The van der Waals surface area contributed by atoms with Crippen LogP contribution in [0.25, 0.3) is 0 Å². The van der Waals surface area contributed by atoms with Crippen LogP contribution in [0.3, 0.4) is 0 Å². The molecule has 0 aliphatic heterocycles. The molecule has 3 aromatic rings. The molecule has 0 radical (unpaired) electrons. The van der Waals surface area contributed by atoms with Crippen molar-refractivity contribution < 1.29 is 27.1 Å². The van der Waals surface area contributed by atoms with E-state index in [0.29, 0.717) is 47.8 Å². The SMILES string of the molecule is CC[C@@H](C)N(CC(=O)N(CCc1ccc(OC)c(OC)c1)Cc1ccco1)S(=O)(=O)c1c(C)cc(C)cc1C. The molecule has 2 aromatic carbocycles. The minimum atomic E-state index is -3.93. The number of benzene rings is 2. The Balaban J connectivity index is 1.90. The van der Waals surface area contributed by atoms with Crippen LogP contribution in [-0.2, 0) is 27.8 Å². The topological polar surface area (TPSA) is 89.3 Å². The summed E-state index contributed by atoms with van der Waals surface area (Å²) in [4.78, 5) is 15.7. The van der Waals surface area contributed by atoms with Gasteiger partial charge in [0.05, 0.1) is 38.5 Å². The standard InChI is InChI=1S/C30H40N2O6S/c1-8-24(5)32(39(34,35)30-22(3)16-21(2)17-23(30)4)20-29(33)31(19-26-10-9-15-38-26)14-13-25-11-12-27(36-6)28(18-25)37-7/h9-12,15-18,24H,8,13-14,19-20H2,1-7H3/t24-/m1/s1. The fourth-order valence-electron chi connectivity index (χ4n) is 4.79. The van der Waals surface area contributed by atoms with Crippen molar-refractivity contribution in [3.05, 3.63) is 76.7 Å². The molecule has 9 heteroatoms. The number of rotatable bonds is 13. The average Bonchev–Trinajstić information content (AvgIpc) is 3.41. The number of aryl methyl sites for hydroxylation is 3. The Morgan fingerprint density at radius 3 is 2.23 bits per heavy atom. The third-order valence-corrected chi connectivity index (χ3v) is 9.21. The van der Waals surface area contributed by atoms with Gasteiger partial charge in [0.2, 0.25) is 15.9 Å². The summed E-state index contributed by atoms with van der Waals surface area (Å²) in [6, 6.07) is 12.6. The van der Waals surface area contributed by atoms with Gasteiger partial charge in [0.1, 0.15) is 5.76 Å². The van der Waals surface area contributed by atoms with Crippen LogP contribution in [-0.4, -0.2) is 56.9 Å². The van der Waals surface area contributed by atoms with Gasteiger partial charge in [-0.05, 0) is 81.5 Å². The zero-order valence-corrected chi connectivity index (χ0v) is 24.8. The Labute approximate surface area is 232 Å². The lowest BCUT2D eigenvalue weighted by Crippen LogP contribution is -2.47. The van der Waals surface area contributed by atoms with E-state index in [-0.39, 0.29) is 29.9 Å². The maximum Gasteiger partial charge on any atom is 0.244 e. The Bertz CT molecular complexity index is 1350. The summed E-state index contributed by atoms with van der Waals surface area (Å²) < 4.78 is 45.6. The Morgan fingerprint density at radius 1 is 1.00 bits per heavy atom. The predicted molar refractivity (Wildman–Crippen MR) is 152 cm³/mol. The highest BCUT2D eigenvalue weighted by Gasteiger charge is 2.34. The maximum atomic E-state index is 14.0. The lowest BCUT2D eigenvalue weighted by Gasteiger charge is -2.31. The first kappa shape index (κ1) is 30.2. The highest BCUT2D eigenvalue weighted by Crippen LogP contribution is 2.29. The molecule has 0 N–H and O–H groups in total. The van der Waals surface area contributed by atoms with Crippen LogP contribution in [0, 0.1) is 20.8 Å². The molecular formula is C30H40N2O6S. The first-order valence-electron chi connectivity index (χ1n) is 13.1. The van der Waals surface area contributed by atoms with Crippen molar-refractivity contribution in [1.82, 2.24) is 9.21 Å². The van der Waals surface area contributed by atoms with Gasteiger partial charge in [-0.25, -0.2) is 8.42 Å².